The molecule has 0 heterocycles. The number of halogens is 1. The molecule has 2 rings (SSSR count). The standard InChI is InChI=1S/C15H20FNOS/c1-3-19-13-9-5-8-12(13)17-15(18)11-7-4-6-10(2)14(11)16/h4,6-7,12-13H,3,5,8-9H2,1-2H3,(H,17,18). The summed E-state index contributed by atoms with van der Waals surface area (Å²) in [5.74, 6) is 0.364. The topological polar surface area (TPSA) is 29.1 Å². The van der Waals surface area contributed by atoms with E-state index in [9.17, 15) is 9.18 Å². The summed E-state index contributed by atoms with van der Waals surface area (Å²) < 4.78 is 13.9. The van der Waals surface area contributed by atoms with Crippen LogP contribution in [0.4, 0.5) is 4.39 Å². The number of carbonyl (C=O) groups is 1. The first kappa shape index (κ1) is 14.4. The van der Waals surface area contributed by atoms with Crippen molar-refractivity contribution in [3.8, 4) is 0 Å². The van der Waals surface area contributed by atoms with Crippen LogP contribution in [0.25, 0.3) is 0 Å². The van der Waals surface area contributed by atoms with E-state index in [4.69, 9.17) is 0 Å². The summed E-state index contributed by atoms with van der Waals surface area (Å²) in [5.41, 5.74) is 0.672. The second kappa shape index (κ2) is 6.42. The Labute approximate surface area is 118 Å². The van der Waals surface area contributed by atoms with E-state index < -0.39 is 5.82 Å². The maximum atomic E-state index is 13.9. The van der Waals surface area contributed by atoms with Crippen LogP contribution in [0.15, 0.2) is 18.2 Å². The van der Waals surface area contributed by atoms with E-state index >= 15 is 0 Å². The number of nitrogens with one attached hydrogen (secondary N) is 1. The third kappa shape index (κ3) is 3.30. The minimum absolute atomic E-state index is 0.159. The van der Waals surface area contributed by atoms with Crippen molar-refractivity contribution in [3.05, 3.63) is 35.1 Å². The van der Waals surface area contributed by atoms with Crippen LogP contribution < -0.4 is 5.32 Å². The van der Waals surface area contributed by atoms with E-state index in [0.717, 1.165) is 25.0 Å². The third-order valence-electron chi connectivity index (χ3n) is 3.59. The Morgan fingerprint density at radius 2 is 2.26 bits per heavy atom. The van der Waals surface area contributed by atoms with Crippen LogP contribution in [0.1, 0.15) is 42.1 Å². The Balaban J connectivity index is 2.06. The van der Waals surface area contributed by atoms with Gasteiger partial charge in [-0.25, -0.2) is 4.39 Å². The molecule has 104 valence electrons. The van der Waals surface area contributed by atoms with Gasteiger partial charge in [-0.15, -0.1) is 0 Å². The highest BCUT2D eigenvalue weighted by atomic mass is 32.2. The molecule has 0 saturated heterocycles. The molecule has 1 aromatic carbocycles. The predicted molar refractivity (Wildman–Crippen MR) is 78.2 cm³/mol. The molecule has 1 amide bonds. The molecule has 0 spiro atoms. The van der Waals surface area contributed by atoms with Gasteiger partial charge in [0.15, 0.2) is 0 Å². The summed E-state index contributed by atoms with van der Waals surface area (Å²) in [6.45, 7) is 3.81. The molecule has 1 fully saturated rings. The lowest BCUT2D eigenvalue weighted by Crippen LogP contribution is -2.39. The summed E-state index contributed by atoms with van der Waals surface area (Å²) in [5, 5.41) is 3.47. The van der Waals surface area contributed by atoms with E-state index in [-0.39, 0.29) is 17.5 Å². The smallest absolute Gasteiger partial charge is 0.254 e. The van der Waals surface area contributed by atoms with Gasteiger partial charge in [0.25, 0.3) is 5.91 Å². The zero-order valence-electron chi connectivity index (χ0n) is 11.4. The summed E-state index contributed by atoms with van der Waals surface area (Å²) in [6, 6.07) is 5.13. The van der Waals surface area contributed by atoms with Gasteiger partial charge in [0.1, 0.15) is 5.82 Å². The second-order valence-corrected chi connectivity index (χ2v) is 6.46. The third-order valence-corrected chi connectivity index (χ3v) is 4.91. The monoisotopic (exact) mass is 281 g/mol. The van der Waals surface area contributed by atoms with Crippen LogP contribution in [0, 0.1) is 12.7 Å². The van der Waals surface area contributed by atoms with Gasteiger partial charge >= 0.3 is 0 Å². The molecular formula is C15H20FNOS. The summed E-state index contributed by atoms with van der Waals surface area (Å²) >= 11 is 1.88. The predicted octanol–water partition coefficient (Wildman–Crippen LogP) is 3.54. The van der Waals surface area contributed by atoms with Gasteiger partial charge in [-0.05, 0) is 37.1 Å². The highest BCUT2D eigenvalue weighted by molar-refractivity contribution is 7.99. The van der Waals surface area contributed by atoms with Crippen molar-refractivity contribution in [2.45, 2.75) is 44.4 Å². The first-order valence-corrected chi connectivity index (χ1v) is 7.86. The molecule has 19 heavy (non-hydrogen) atoms. The van der Waals surface area contributed by atoms with Crippen LogP contribution in [0.2, 0.25) is 0 Å². The second-order valence-electron chi connectivity index (χ2n) is 4.94. The van der Waals surface area contributed by atoms with Crippen molar-refractivity contribution in [1.82, 2.24) is 5.32 Å². The van der Waals surface area contributed by atoms with Gasteiger partial charge in [0, 0.05) is 11.3 Å². The number of rotatable bonds is 4. The highest BCUT2D eigenvalue weighted by Crippen LogP contribution is 2.30. The fourth-order valence-electron chi connectivity index (χ4n) is 2.57. The van der Waals surface area contributed by atoms with Gasteiger partial charge < -0.3 is 5.32 Å². The van der Waals surface area contributed by atoms with Crippen LogP contribution in [0.5, 0.6) is 0 Å². The van der Waals surface area contributed by atoms with Gasteiger partial charge in [-0.1, -0.05) is 25.5 Å². The lowest BCUT2D eigenvalue weighted by molar-refractivity contribution is 0.0934. The molecule has 2 atom stereocenters. The quantitative estimate of drug-likeness (QED) is 0.914. The fourth-order valence-corrected chi connectivity index (χ4v) is 3.77. The average Bonchev–Trinajstić information content (AvgIpc) is 2.80. The minimum atomic E-state index is -0.405. The minimum Gasteiger partial charge on any atom is -0.348 e. The van der Waals surface area contributed by atoms with Crippen molar-refractivity contribution in [2.24, 2.45) is 0 Å². The van der Waals surface area contributed by atoms with Gasteiger partial charge in [-0.3, -0.25) is 4.79 Å². The molecule has 1 saturated carbocycles. The van der Waals surface area contributed by atoms with Crippen molar-refractivity contribution in [3.63, 3.8) is 0 Å². The van der Waals surface area contributed by atoms with Crippen molar-refractivity contribution < 1.29 is 9.18 Å². The summed E-state index contributed by atoms with van der Waals surface area (Å²) in [7, 11) is 0. The molecule has 1 aliphatic carbocycles. The van der Waals surface area contributed by atoms with Crippen molar-refractivity contribution in [2.75, 3.05) is 5.75 Å². The largest absolute Gasteiger partial charge is 0.348 e. The molecule has 0 aromatic heterocycles. The number of hydrogen-bond donors (Lipinski definition) is 1. The van der Waals surface area contributed by atoms with E-state index in [0.29, 0.717) is 10.8 Å². The lowest BCUT2D eigenvalue weighted by Gasteiger charge is -2.20. The number of amides is 1. The van der Waals surface area contributed by atoms with Gasteiger partial charge in [0.2, 0.25) is 0 Å². The molecule has 1 N–H and O–H groups in total. The van der Waals surface area contributed by atoms with Crippen molar-refractivity contribution in [1.29, 1.82) is 0 Å². The van der Waals surface area contributed by atoms with Gasteiger partial charge in [0.05, 0.1) is 5.56 Å². The molecule has 2 unspecified atom stereocenters. The van der Waals surface area contributed by atoms with E-state index in [1.807, 2.05) is 11.8 Å². The first-order valence-electron chi connectivity index (χ1n) is 6.81. The maximum absolute atomic E-state index is 13.9. The molecule has 1 aliphatic rings. The maximum Gasteiger partial charge on any atom is 0.254 e. The van der Waals surface area contributed by atoms with E-state index in [1.165, 1.54) is 0 Å². The van der Waals surface area contributed by atoms with Gasteiger partial charge in [-0.2, -0.15) is 11.8 Å². The molecule has 4 heteroatoms. The summed E-state index contributed by atoms with van der Waals surface area (Å²) in [4.78, 5) is 12.2. The lowest BCUT2D eigenvalue weighted by atomic mass is 10.1. The Morgan fingerprint density at radius 1 is 1.47 bits per heavy atom. The number of carbonyl (C=O) groups excluding carboxylic acids is 1. The van der Waals surface area contributed by atoms with Crippen molar-refractivity contribution >= 4 is 17.7 Å². The zero-order chi connectivity index (χ0) is 13.8. The van der Waals surface area contributed by atoms with E-state index in [1.54, 1.807) is 25.1 Å². The van der Waals surface area contributed by atoms with Crippen LogP contribution in [0.3, 0.4) is 0 Å². The number of aryl methyl sites for hydroxylation is 1. The Bertz CT molecular complexity index is 463. The molecule has 1 aromatic rings. The normalized spacial score (nSPS) is 22.5. The zero-order valence-corrected chi connectivity index (χ0v) is 12.2. The molecule has 0 bridgehead atoms. The Morgan fingerprint density at radius 3 is 3.00 bits per heavy atom. The molecule has 0 radical (unpaired) electrons. The molecular weight excluding hydrogens is 261 g/mol. The SMILES string of the molecule is CCSC1CCCC1NC(=O)c1cccc(C)c1F. The van der Waals surface area contributed by atoms with Crippen LogP contribution >= 0.6 is 11.8 Å². The Kier molecular flexibility index (Phi) is 4.86. The fraction of sp³-hybridized carbons (Fsp3) is 0.533. The highest BCUT2D eigenvalue weighted by Gasteiger charge is 2.29. The molecule has 2 nitrogen and oxygen atoms in total. The van der Waals surface area contributed by atoms with Crippen LogP contribution in [-0.2, 0) is 0 Å². The summed E-state index contributed by atoms with van der Waals surface area (Å²) in [6.07, 6.45) is 3.27. The van der Waals surface area contributed by atoms with Crippen LogP contribution in [-0.4, -0.2) is 23.0 Å². The molecule has 0 aliphatic heterocycles. The first-order chi connectivity index (χ1) is 9.13. The number of hydrogen-bond acceptors (Lipinski definition) is 2. The van der Waals surface area contributed by atoms with E-state index in [2.05, 4.69) is 12.2 Å². The average molecular weight is 281 g/mol. The number of thioether (sulfide) groups is 1. The number of benzene rings is 1. The Hall–Kier alpha value is -1.03.